The molecule has 6 heteroatoms. The van der Waals surface area contributed by atoms with Crippen LogP contribution in [0.15, 0.2) is 132 Å². The van der Waals surface area contributed by atoms with Gasteiger partial charge < -0.3 is 0 Å². The third-order valence-corrected chi connectivity index (χ3v) is 7.68. The number of anilines is 2. The Hall–Kier alpha value is -4.84. The van der Waals surface area contributed by atoms with E-state index in [-0.39, 0.29) is 11.8 Å². The molecule has 4 aromatic carbocycles. The van der Waals surface area contributed by atoms with Gasteiger partial charge in [0.05, 0.1) is 22.8 Å². The van der Waals surface area contributed by atoms with E-state index in [9.17, 15) is 9.59 Å². The molecule has 2 aliphatic heterocycles. The maximum Gasteiger partial charge on any atom is 0.260 e. The van der Waals surface area contributed by atoms with E-state index in [1.807, 2.05) is 135 Å². The second kappa shape index (κ2) is 8.92. The summed E-state index contributed by atoms with van der Waals surface area (Å²) in [6.45, 7) is 3.66. The SMILES string of the molecule is CC1(C2(C)C(=O)N(c3ccccc3)N=C2c2ccccc2)C(=O)N(c2ccccc2)N=C1c1ccccc1. The number of hydrogen-bond acceptors (Lipinski definition) is 4. The molecule has 0 aliphatic carbocycles. The second-order valence-corrected chi connectivity index (χ2v) is 9.78. The Morgan fingerprint density at radius 2 is 0.763 bits per heavy atom. The first-order chi connectivity index (χ1) is 18.5. The van der Waals surface area contributed by atoms with Crippen molar-refractivity contribution in [1.82, 2.24) is 0 Å². The highest BCUT2D eigenvalue weighted by Gasteiger charge is 2.68. The summed E-state index contributed by atoms with van der Waals surface area (Å²) in [6, 6.07) is 37.8. The van der Waals surface area contributed by atoms with E-state index in [2.05, 4.69) is 0 Å². The van der Waals surface area contributed by atoms with Crippen molar-refractivity contribution in [1.29, 1.82) is 0 Å². The van der Waals surface area contributed by atoms with E-state index in [4.69, 9.17) is 10.2 Å². The average molecular weight is 499 g/mol. The number of hydrogen-bond donors (Lipinski definition) is 0. The van der Waals surface area contributed by atoms with Crippen LogP contribution in [0.2, 0.25) is 0 Å². The lowest BCUT2D eigenvalue weighted by atomic mass is 9.58. The van der Waals surface area contributed by atoms with Crippen molar-refractivity contribution in [3.8, 4) is 0 Å². The van der Waals surface area contributed by atoms with Crippen LogP contribution in [-0.4, -0.2) is 23.2 Å². The Labute approximate surface area is 221 Å². The quantitative estimate of drug-likeness (QED) is 0.344. The summed E-state index contributed by atoms with van der Waals surface area (Å²) in [5, 5.41) is 12.6. The van der Waals surface area contributed by atoms with Crippen molar-refractivity contribution in [3.63, 3.8) is 0 Å². The predicted octanol–water partition coefficient (Wildman–Crippen LogP) is 5.90. The zero-order valence-corrected chi connectivity index (χ0v) is 21.2. The van der Waals surface area contributed by atoms with E-state index in [1.54, 1.807) is 0 Å². The van der Waals surface area contributed by atoms with Gasteiger partial charge in [-0.15, -0.1) is 0 Å². The average Bonchev–Trinajstić information content (AvgIpc) is 3.42. The van der Waals surface area contributed by atoms with Crippen molar-refractivity contribution in [3.05, 3.63) is 132 Å². The van der Waals surface area contributed by atoms with Gasteiger partial charge in [0.25, 0.3) is 11.8 Å². The zero-order chi connectivity index (χ0) is 26.3. The summed E-state index contributed by atoms with van der Waals surface area (Å²) in [5.74, 6) is -0.561. The number of hydrazone groups is 2. The lowest BCUT2D eigenvalue weighted by Crippen LogP contribution is -2.57. The number of carbonyl (C=O) groups is 2. The molecular weight excluding hydrogens is 472 g/mol. The molecule has 2 heterocycles. The highest BCUT2D eigenvalue weighted by Crippen LogP contribution is 2.53. The number of para-hydroxylation sites is 2. The Kier molecular flexibility index (Phi) is 5.53. The molecule has 6 nitrogen and oxygen atoms in total. The van der Waals surface area contributed by atoms with E-state index in [1.165, 1.54) is 10.0 Å². The van der Waals surface area contributed by atoms with Crippen molar-refractivity contribution in [2.24, 2.45) is 21.0 Å². The molecule has 0 N–H and O–H groups in total. The van der Waals surface area contributed by atoms with Gasteiger partial charge in [0.1, 0.15) is 10.8 Å². The molecule has 0 aromatic heterocycles. The minimum absolute atomic E-state index is 0.281. The van der Waals surface area contributed by atoms with Crippen LogP contribution in [0.3, 0.4) is 0 Å². The molecule has 2 amide bonds. The Bertz CT molecular complexity index is 1450. The largest absolute Gasteiger partial charge is 0.271 e. The van der Waals surface area contributed by atoms with Crippen molar-refractivity contribution in [2.45, 2.75) is 13.8 Å². The first-order valence-corrected chi connectivity index (χ1v) is 12.5. The number of rotatable bonds is 5. The number of carbonyl (C=O) groups excluding carboxylic acids is 2. The van der Waals surface area contributed by atoms with E-state index in [0.717, 1.165) is 11.1 Å². The molecule has 4 aromatic rings. The van der Waals surface area contributed by atoms with Gasteiger partial charge in [0, 0.05) is 0 Å². The molecule has 0 bridgehead atoms. The molecular formula is C32H26N4O2. The van der Waals surface area contributed by atoms with Crippen LogP contribution in [0.4, 0.5) is 11.4 Å². The normalized spacial score (nSPS) is 23.0. The summed E-state index contributed by atoms with van der Waals surface area (Å²) in [5.41, 5.74) is 1.17. The zero-order valence-electron chi connectivity index (χ0n) is 21.2. The molecule has 2 unspecified atom stereocenters. The van der Waals surface area contributed by atoms with Gasteiger partial charge in [-0.25, -0.2) is 0 Å². The highest BCUT2D eigenvalue weighted by atomic mass is 16.2. The summed E-state index contributed by atoms with van der Waals surface area (Å²) < 4.78 is 0. The smallest absolute Gasteiger partial charge is 0.260 e. The van der Waals surface area contributed by atoms with E-state index in [0.29, 0.717) is 22.8 Å². The summed E-state index contributed by atoms with van der Waals surface area (Å²) in [6.07, 6.45) is 0. The molecule has 0 fully saturated rings. The molecule has 186 valence electrons. The van der Waals surface area contributed by atoms with Crippen molar-refractivity contribution in [2.75, 3.05) is 10.0 Å². The van der Waals surface area contributed by atoms with Gasteiger partial charge in [0.15, 0.2) is 0 Å². The van der Waals surface area contributed by atoms with Crippen LogP contribution >= 0.6 is 0 Å². The van der Waals surface area contributed by atoms with Gasteiger partial charge in [-0.1, -0.05) is 97.1 Å². The first-order valence-electron chi connectivity index (χ1n) is 12.5. The Balaban J connectivity index is 1.59. The standard InChI is InChI=1S/C32H26N4O2/c1-31(27(23-15-7-3-8-16-23)33-35(29(31)37)25-19-11-5-12-20-25)32(2)28(24-17-9-4-10-18-24)34-36(30(32)38)26-21-13-6-14-22-26/h3-22H,1-2H3. The van der Waals surface area contributed by atoms with Crippen LogP contribution in [0.25, 0.3) is 0 Å². The fourth-order valence-electron chi connectivity index (χ4n) is 5.39. The van der Waals surface area contributed by atoms with Gasteiger partial charge >= 0.3 is 0 Å². The Morgan fingerprint density at radius 3 is 1.08 bits per heavy atom. The minimum atomic E-state index is -1.36. The van der Waals surface area contributed by atoms with Gasteiger partial charge in [-0.2, -0.15) is 20.2 Å². The van der Waals surface area contributed by atoms with E-state index >= 15 is 0 Å². The van der Waals surface area contributed by atoms with Crippen molar-refractivity contribution >= 4 is 34.6 Å². The van der Waals surface area contributed by atoms with Crippen LogP contribution in [0, 0.1) is 10.8 Å². The van der Waals surface area contributed by atoms with E-state index < -0.39 is 10.8 Å². The highest BCUT2D eigenvalue weighted by molar-refractivity contribution is 6.35. The lowest BCUT2D eigenvalue weighted by Gasteiger charge is -2.39. The van der Waals surface area contributed by atoms with Gasteiger partial charge in [-0.05, 0) is 49.2 Å². The molecule has 0 spiro atoms. The summed E-state index contributed by atoms with van der Waals surface area (Å²) in [7, 11) is 0. The van der Waals surface area contributed by atoms with Crippen LogP contribution in [0.1, 0.15) is 25.0 Å². The van der Waals surface area contributed by atoms with Gasteiger partial charge in [0.2, 0.25) is 0 Å². The Morgan fingerprint density at radius 1 is 0.474 bits per heavy atom. The topological polar surface area (TPSA) is 65.3 Å². The monoisotopic (exact) mass is 498 g/mol. The number of amides is 2. The number of benzene rings is 4. The maximum atomic E-state index is 14.6. The third kappa shape index (κ3) is 3.34. The molecule has 38 heavy (non-hydrogen) atoms. The predicted molar refractivity (Wildman–Crippen MR) is 150 cm³/mol. The molecule has 0 saturated carbocycles. The summed E-state index contributed by atoms with van der Waals surface area (Å²) in [4.78, 5) is 29.1. The van der Waals surface area contributed by atoms with Gasteiger partial charge in [-0.3, -0.25) is 9.59 Å². The lowest BCUT2D eigenvalue weighted by molar-refractivity contribution is -0.135. The fraction of sp³-hybridized carbons (Fsp3) is 0.125. The third-order valence-electron chi connectivity index (χ3n) is 7.68. The van der Waals surface area contributed by atoms with Crippen LogP contribution < -0.4 is 10.0 Å². The molecule has 2 aliphatic rings. The first kappa shape index (κ1) is 23.6. The molecule has 0 saturated heterocycles. The second-order valence-electron chi connectivity index (χ2n) is 9.78. The molecule has 2 atom stereocenters. The minimum Gasteiger partial charge on any atom is -0.271 e. The molecule has 0 radical (unpaired) electrons. The van der Waals surface area contributed by atoms with Crippen LogP contribution in [0.5, 0.6) is 0 Å². The maximum absolute atomic E-state index is 14.6. The van der Waals surface area contributed by atoms with Crippen molar-refractivity contribution < 1.29 is 9.59 Å². The fourth-order valence-corrected chi connectivity index (χ4v) is 5.39. The van der Waals surface area contributed by atoms with Crippen LogP contribution in [-0.2, 0) is 9.59 Å². The summed E-state index contributed by atoms with van der Waals surface area (Å²) >= 11 is 0. The number of nitrogens with zero attached hydrogens (tertiary/aromatic N) is 4. The molecule has 6 rings (SSSR count).